The Balaban J connectivity index is 2.75. The van der Waals surface area contributed by atoms with Crippen molar-refractivity contribution in [3.63, 3.8) is 0 Å². The van der Waals surface area contributed by atoms with Crippen LogP contribution in [0.4, 0.5) is 0 Å². The van der Waals surface area contributed by atoms with E-state index in [1.807, 2.05) is 56.3 Å². The first kappa shape index (κ1) is 13.0. The summed E-state index contributed by atoms with van der Waals surface area (Å²) in [4.78, 5) is 11.4. The summed E-state index contributed by atoms with van der Waals surface area (Å²) in [6.45, 7) is 5.30. The Kier molecular flexibility index (Phi) is 4.31. The fourth-order valence-electron chi connectivity index (χ4n) is 1.19. The first-order chi connectivity index (χ1) is 7.44. The van der Waals surface area contributed by atoms with Gasteiger partial charge in [0.1, 0.15) is 5.78 Å². The molecule has 0 saturated carbocycles. The number of carbonyl (C=O) groups excluding carboxylic acids is 1. The van der Waals surface area contributed by atoms with Crippen LogP contribution in [0.3, 0.4) is 0 Å². The summed E-state index contributed by atoms with van der Waals surface area (Å²) in [5.74, 6) is 0.102. The quantitative estimate of drug-likeness (QED) is 0.725. The van der Waals surface area contributed by atoms with Crippen molar-refractivity contribution in [1.82, 2.24) is 0 Å². The smallest absolute Gasteiger partial charge is 0.137 e. The molecule has 16 heavy (non-hydrogen) atoms. The van der Waals surface area contributed by atoms with Crippen LogP contribution < -0.4 is 0 Å². The molecule has 2 heteroatoms. The minimum atomic E-state index is -0.521. The third kappa shape index (κ3) is 3.21. The number of ketones is 1. The molecule has 0 heterocycles. The molecule has 0 spiro atoms. The second-order valence-electron chi connectivity index (χ2n) is 4.45. The number of benzene rings is 1. The minimum Gasteiger partial charge on any atom is -0.299 e. The SMILES string of the molecule is CC(=O)C(C)(C)C(Cl)C=Cc1ccccc1. The van der Waals surface area contributed by atoms with E-state index in [1.165, 1.54) is 0 Å². The monoisotopic (exact) mass is 236 g/mol. The summed E-state index contributed by atoms with van der Waals surface area (Å²) < 4.78 is 0. The van der Waals surface area contributed by atoms with Gasteiger partial charge in [-0.15, -0.1) is 11.6 Å². The Bertz CT molecular complexity index is 379. The van der Waals surface area contributed by atoms with Crippen LogP contribution in [-0.4, -0.2) is 11.2 Å². The number of hydrogen-bond acceptors (Lipinski definition) is 1. The van der Waals surface area contributed by atoms with E-state index in [9.17, 15) is 4.79 Å². The minimum absolute atomic E-state index is 0.102. The standard InChI is InChI=1S/C14H17ClO/c1-11(16)14(2,3)13(15)10-9-12-7-5-4-6-8-12/h4-10,13H,1-3H3. The Morgan fingerprint density at radius 2 is 1.88 bits per heavy atom. The zero-order valence-corrected chi connectivity index (χ0v) is 10.7. The van der Waals surface area contributed by atoms with Gasteiger partial charge >= 0.3 is 0 Å². The molecule has 0 aliphatic heterocycles. The number of halogens is 1. The molecule has 0 N–H and O–H groups in total. The predicted octanol–water partition coefficient (Wildman–Crippen LogP) is 3.92. The third-order valence-corrected chi connectivity index (χ3v) is 3.55. The van der Waals surface area contributed by atoms with Crippen molar-refractivity contribution < 1.29 is 4.79 Å². The molecular formula is C14H17ClO. The first-order valence-electron chi connectivity index (χ1n) is 5.33. The third-order valence-electron chi connectivity index (χ3n) is 2.85. The summed E-state index contributed by atoms with van der Waals surface area (Å²) in [7, 11) is 0. The van der Waals surface area contributed by atoms with Gasteiger partial charge in [-0.1, -0.05) is 56.3 Å². The molecule has 0 amide bonds. The molecular weight excluding hydrogens is 220 g/mol. The normalized spacial score (nSPS) is 14.0. The van der Waals surface area contributed by atoms with E-state index >= 15 is 0 Å². The van der Waals surface area contributed by atoms with E-state index < -0.39 is 5.41 Å². The van der Waals surface area contributed by atoms with Crippen LogP contribution in [0.1, 0.15) is 26.3 Å². The Morgan fingerprint density at radius 1 is 1.31 bits per heavy atom. The molecule has 1 nitrogen and oxygen atoms in total. The molecule has 0 radical (unpaired) electrons. The number of hydrogen-bond donors (Lipinski definition) is 0. The lowest BCUT2D eigenvalue weighted by Crippen LogP contribution is -2.30. The van der Waals surface area contributed by atoms with Gasteiger partial charge in [0.25, 0.3) is 0 Å². The average molecular weight is 237 g/mol. The molecule has 1 unspecified atom stereocenters. The number of rotatable bonds is 4. The van der Waals surface area contributed by atoms with E-state index in [1.54, 1.807) is 6.92 Å². The maximum Gasteiger partial charge on any atom is 0.137 e. The van der Waals surface area contributed by atoms with Gasteiger partial charge < -0.3 is 0 Å². The highest BCUT2D eigenvalue weighted by Gasteiger charge is 2.30. The van der Waals surface area contributed by atoms with Gasteiger partial charge in [0.2, 0.25) is 0 Å². The summed E-state index contributed by atoms with van der Waals surface area (Å²) in [6.07, 6.45) is 3.82. The summed E-state index contributed by atoms with van der Waals surface area (Å²) in [5.41, 5.74) is 0.569. The van der Waals surface area contributed by atoms with E-state index in [2.05, 4.69) is 0 Å². The summed E-state index contributed by atoms with van der Waals surface area (Å²) in [5, 5.41) is -0.287. The van der Waals surface area contributed by atoms with Crippen molar-refractivity contribution in [3.8, 4) is 0 Å². The van der Waals surface area contributed by atoms with Crippen LogP contribution in [0.2, 0.25) is 0 Å². The zero-order chi connectivity index (χ0) is 12.2. The molecule has 1 aromatic carbocycles. The average Bonchev–Trinajstić information content (AvgIpc) is 2.27. The predicted molar refractivity (Wildman–Crippen MR) is 69.6 cm³/mol. The molecule has 0 saturated heterocycles. The van der Waals surface area contributed by atoms with Gasteiger partial charge in [0.15, 0.2) is 0 Å². The van der Waals surface area contributed by atoms with Gasteiger partial charge in [-0.3, -0.25) is 4.79 Å². The summed E-state index contributed by atoms with van der Waals surface area (Å²) >= 11 is 6.21. The van der Waals surface area contributed by atoms with Crippen molar-refractivity contribution in [2.45, 2.75) is 26.1 Å². The zero-order valence-electron chi connectivity index (χ0n) is 9.91. The van der Waals surface area contributed by atoms with Crippen molar-refractivity contribution in [3.05, 3.63) is 42.0 Å². The number of Topliss-reactive ketones (excluding diaryl/α,β-unsaturated/α-hetero) is 1. The Labute approximate surface area is 102 Å². The fraction of sp³-hybridized carbons (Fsp3) is 0.357. The molecule has 0 aliphatic carbocycles. The number of allylic oxidation sites excluding steroid dienone is 1. The van der Waals surface area contributed by atoms with Gasteiger partial charge in [-0.2, -0.15) is 0 Å². The van der Waals surface area contributed by atoms with Crippen LogP contribution >= 0.6 is 11.6 Å². The second kappa shape index (κ2) is 5.31. The molecule has 86 valence electrons. The summed E-state index contributed by atoms with van der Waals surface area (Å²) in [6, 6.07) is 9.91. The maximum atomic E-state index is 11.4. The number of carbonyl (C=O) groups is 1. The fourth-order valence-corrected chi connectivity index (χ4v) is 1.42. The number of alkyl halides is 1. The van der Waals surface area contributed by atoms with Crippen molar-refractivity contribution in [2.75, 3.05) is 0 Å². The van der Waals surface area contributed by atoms with Crippen LogP contribution in [-0.2, 0) is 4.79 Å². The Morgan fingerprint density at radius 3 is 2.38 bits per heavy atom. The molecule has 1 atom stereocenters. The second-order valence-corrected chi connectivity index (χ2v) is 4.92. The van der Waals surface area contributed by atoms with E-state index in [0.717, 1.165) is 5.56 Å². The van der Waals surface area contributed by atoms with E-state index in [4.69, 9.17) is 11.6 Å². The van der Waals surface area contributed by atoms with Gasteiger partial charge in [-0.05, 0) is 12.5 Å². The van der Waals surface area contributed by atoms with E-state index in [0.29, 0.717) is 0 Å². The van der Waals surface area contributed by atoms with Gasteiger partial charge in [0, 0.05) is 5.41 Å². The molecule has 1 rings (SSSR count). The molecule has 0 bridgehead atoms. The lowest BCUT2D eigenvalue weighted by Gasteiger charge is -2.24. The van der Waals surface area contributed by atoms with Crippen LogP contribution in [0, 0.1) is 5.41 Å². The van der Waals surface area contributed by atoms with Crippen LogP contribution in [0.5, 0.6) is 0 Å². The van der Waals surface area contributed by atoms with Gasteiger partial charge in [-0.25, -0.2) is 0 Å². The van der Waals surface area contributed by atoms with E-state index in [-0.39, 0.29) is 11.2 Å². The molecule has 0 aliphatic rings. The highest BCUT2D eigenvalue weighted by atomic mass is 35.5. The maximum absolute atomic E-state index is 11.4. The largest absolute Gasteiger partial charge is 0.299 e. The van der Waals surface area contributed by atoms with Crippen LogP contribution in [0.15, 0.2) is 36.4 Å². The molecule has 0 fully saturated rings. The Hall–Kier alpha value is -1.08. The first-order valence-corrected chi connectivity index (χ1v) is 5.76. The van der Waals surface area contributed by atoms with Gasteiger partial charge in [0.05, 0.1) is 5.38 Å². The highest BCUT2D eigenvalue weighted by Crippen LogP contribution is 2.28. The lowest BCUT2D eigenvalue weighted by molar-refractivity contribution is -0.124. The molecule has 0 aromatic heterocycles. The van der Waals surface area contributed by atoms with Crippen LogP contribution in [0.25, 0.3) is 6.08 Å². The topological polar surface area (TPSA) is 17.1 Å². The molecule has 1 aromatic rings. The van der Waals surface area contributed by atoms with Crippen molar-refractivity contribution in [2.24, 2.45) is 5.41 Å². The lowest BCUT2D eigenvalue weighted by atomic mass is 9.84. The highest BCUT2D eigenvalue weighted by molar-refractivity contribution is 6.24. The van der Waals surface area contributed by atoms with Crippen molar-refractivity contribution >= 4 is 23.5 Å². The van der Waals surface area contributed by atoms with Crippen molar-refractivity contribution in [1.29, 1.82) is 0 Å².